The van der Waals surface area contributed by atoms with Crippen molar-refractivity contribution in [2.24, 2.45) is 0 Å². The molecule has 1 fully saturated rings. The Morgan fingerprint density at radius 2 is 1.96 bits per heavy atom. The monoisotopic (exact) mass is 321 g/mol. The predicted octanol–water partition coefficient (Wildman–Crippen LogP) is 3.64. The second-order valence-corrected chi connectivity index (χ2v) is 6.30. The molecular weight excluding hydrogens is 290 g/mol. The highest BCUT2D eigenvalue weighted by Crippen LogP contribution is 2.24. The van der Waals surface area contributed by atoms with Gasteiger partial charge in [0.2, 0.25) is 0 Å². The van der Waals surface area contributed by atoms with Crippen LogP contribution in [0.5, 0.6) is 0 Å². The average molecular weight is 321 g/mol. The van der Waals surface area contributed by atoms with Crippen LogP contribution in [0.1, 0.15) is 57.8 Å². The van der Waals surface area contributed by atoms with Crippen molar-refractivity contribution in [2.75, 3.05) is 32.7 Å². The predicted molar refractivity (Wildman–Crippen MR) is 92.4 cm³/mol. The molecule has 130 valence electrons. The lowest BCUT2D eigenvalue weighted by Crippen LogP contribution is -2.45. The minimum Gasteiger partial charge on any atom is -0.468 e. The Kier molecular flexibility index (Phi) is 7.46. The third-order valence-electron chi connectivity index (χ3n) is 4.42. The summed E-state index contributed by atoms with van der Waals surface area (Å²) >= 11 is 0. The number of piperidine rings is 1. The second kappa shape index (κ2) is 9.60. The van der Waals surface area contributed by atoms with Crippen LogP contribution in [0, 0.1) is 0 Å². The van der Waals surface area contributed by atoms with Gasteiger partial charge in [0.05, 0.1) is 12.3 Å². The summed E-state index contributed by atoms with van der Waals surface area (Å²) < 4.78 is 5.63. The van der Waals surface area contributed by atoms with E-state index in [4.69, 9.17) is 4.42 Å². The Morgan fingerprint density at radius 1 is 1.26 bits per heavy atom. The highest BCUT2D eigenvalue weighted by Gasteiger charge is 2.25. The third kappa shape index (κ3) is 5.27. The van der Waals surface area contributed by atoms with Crippen LogP contribution >= 0.6 is 0 Å². The minimum atomic E-state index is 0.0438. The molecule has 1 aliphatic rings. The zero-order valence-electron chi connectivity index (χ0n) is 14.6. The van der Waals surface area contributed by atoms with Gasteiger partial charge in [-0.3, -0.25) is 4.90 Å². The molecule has 2 heterocycles. The molecule has 0 saturated carbocycles. The van der Waals surface area contributed by atoms with E-state index in [9.17, 15) is 4.79 Å². The van der Waals surface area contributed by atoms with Gasteiger partial charge in [0.1, 0.15) is 5.76 Å². The highest BCUT2D eigenvalue weighted by molar-refractivity contribution is 5.74. The first-order valence-electron chi connectivity index (χ1n) is 9.06. The lowest BCUT2D eigenvalue weighted by Gasteiger charge is -2.34. The number of hydrogen-bond donors (Lipinski definition) is 1. The maximum atomic E-state index is 12.4. The van der Waals surface area contributed by atoms with Crippen molar-refractivity contribution in [1.82, 2.24) is 15.1 Å². The third-order valence-corrected chi connectivity index (χ3v) is 4.42. The highest BCUT2D eigenvalue weighted by atomic mass is 16.3. The van der Waals surface area contributed by atoms with Crippen molar-refractivity contribution >= 4 is 6.03 Å². The van der Waals surface area contributed by atoms with Gasteiger partial charge in [-0.05, 0) is 50.9 Å². The number of nitrogens with one attached hydrogen (secondary N) is 1. The molecule has 1 unspecified atom stereocenters. The largest absolute Gasteiger partial charge is 0.468 e. The standard InChI is InChI=1S/C18H31N3O2/c1-3-10-21(11-4-2)18(22)19-15-16(17-9-8-14-23-17)20-12-6-5-7-13-20/h8-9,14,16H,3-7,10-13,15H2,1-2H3,(H,19,22). The van der Waals surface area contributed by atoms with Gasteiger partial charge in [0.15, 0.2) is 0 Å². The van der Waals surface area contributed by atoms with E-state index < -0.39 is 0 Å². The molecule has 5 nitrogen and oxygen atoms in total. The number of rotatable bonds is 8. The maximum Gasteiger partial charge on any atom is 0.317 e. The van der Waals surface area contributed by atoms with E-state index in [2.05, 4.69) is 24.1 Å². The number of nitrogens with zero attached hydrogens (tertiary/aromatic N) is 2. The number of likely N-dealkylation sites (tertiary alicyclic amines) is 1. The number of amides is 2. The molecular formula is C18H31N3O2. The van der Waals surface area contributed by atoms with Gasteiger partial charge in [-0.25, -0.2) is 4.79 Å². The van der Waals surface area contributed by atoms with Crippen molar-refractivity contribution in [2.45, 2.75) is 52.0 Å². The van der Waals surface area contributed by atoms with Crippen molar-refractivity contribution < 1.29 is 9.21 Å². The van der Waals surface area contributed by atoms with Gasteiger partial charge in [0.25, 0.3) is 0 Å². The maximum absolute atomic E-state index is 12.4. The molecule has 23 heavy (non-hydrogen) atoms. The van der Waals surface area contributed by atoms with E-state index in [1.807, 2.05) is 17.0 Å². The smallest absolute Gasteiger partial charge is 0.317 e. The molecule has 5 heteroatoms. The van der Waals surface area contributed by atoms with Gasteiger partial charge in [-0.15, -0.1) is 0 Å². The van der Waals surface area contributed by atoms with Crippen LogP contribution in [0.4, 0.5) is 4.79 Å². The van der Waals surface area contributed by atoms with Crippen LogP contribution in [0.25, 0.3) is 0 Å². The van der Waals surface area contributed by atoms with Crippen LogP contribution in [-0.2, 0) is 0 Å². The van der Waals surface area contributed by atoms with E-state index >= 15 is 0 Å². The number of carbonyl (C=O) groups excluding carboxylic acids is 1. The normalized spacial score (nSPS) is 17.0. The van der Waals surface area contributed by atoms with Crippen LogP contribution < -0.4 is 5.32 Å². The van der Waals surface area contributed by atoms with E-state index in [0.29, 0.717) is 6.54 Å². The topological polar surface area (TPSA) is 48.7 Å². The fourth-order valence-electron chi connectivity index (χ4n) is 3.27. The first-order valence-corrected chi connectivity index (χ1v) is 9.06. The van der Waals surface area contributed by atoms with Gasteiger partial charge >= 0.3 is 6.03 Å². The fraction of sp³-hybridized carbons (Fsp3) is 0.722. The molecule has 0 aromatic carbocycles. The molecule has 1 N–H and O–H groups in total. The Morgan fingerprint density at radius 3 is 2.52 bits per heavy atom. The van der Waals surface area contributed by atoms with Crippen molar-refractivity contribution in [3.8, 4) is 0 Å². The van der Waals surface area contributed by atoms with Crippen LogP contribution in [0.2, 0.25) is 0 Å². The Bertz CT molecular complexity index is 435. The molecule has 1 saturated heterocycles. The average Bonchev–Trinajstić information content (AvgIpc) is 3.10. The summed E-state index contributed by atoms with van der Waals surface area (Å²) in [7, 11) is 0. The number of furan rings is 1. The SMILES string of the molecule is CCCN(CCC)C(=O)NCC(c1ccco1)N1CCCCC1. The van der Waals surface area contributed by atoms with Gasteiger partial charge < -0.3 is 14.6 Å². The zero-order valence-corrected chi connectivity index (χ0v) is 14.6. The van der Waals surface area contributed by atoms with Crippen LogP contribution in [0.15, 0.2) is 22.8 Å². The van der Waals surface area contributed by atoms with Gasteiger partial charge in [-0.2, -0.15) is 0 Å². The Hall–Kier alpha value is -1.49. The molecule has 0 spiro atoms. The summed E-state index contributed by atoms with van der Waals surface area (Å²) in [6, 6.07) is 4.12. The molecule has 0 radical (unpaired) electrons. The van der Waals surface area contributed by atoms with E-state index in [1.54, 1.807) is 6.26 Å². The summed E-state index contributed by atoms with van der Waals surface area (Å²) in [5.41, 5.74) is 0. The van der Waals surface area contributed by atoms with Crippen LogP contribution in [-0.4, -0.2) is 48.6 Å². The van der Waals surface area contributed by atoms with Crippen molar-refractivity contribution in [3.63, 3.8) is 0 Å². The zero-order chi connectivity index (χ0) is 16.5. The molecule has 1 aliphatic heterocycles. The number of urea groups is 1. The van der Waals surface area contributed by atoms with Gasteiger partial charge in [0, 0.05) is 19.6 Å². The Labute approximate surface area is 140 Å². The molecule has 2 rings (SSSR count). The first-order chi connectivity index (χ1) is 11.3. The number of hydrogen-bond acceptors (Lipinski definition) is 3. The molecule has 1 atom stereocenters. The van der Waals surface area contributed by atoms with E-state index in [0.717, 1.165) is 44.8 Å². The fourth-order valence-corrected chi connectivity index (χ4v) is 3.27. The van der Waals surface area contributed by atoms with E-state index in [1.165, 1.54) is 19.3 Å². The molecule has 2 amide bonds. The summed E-state index contributed by atoms with van der Waals surface area (Å²) in [6.45, 7) is 8.61. The second-order valence-electron chi connectivity index (χ2n) is 6.30. The van der Waals surface area contributed by atoms with Gasteiger partial charge in [-0.1, -0.05) is 20.3 Å². The summed E-state index contributed by atoms with van der Waals surface area (Å²) in [5, 5.41) is 3.12. The lowest BCUT2D eigenvalue weighted by molar-refractivity contribution is 0.139. The minimum absolute atomic E-state index is 0.0438. The molecule has 1 aromatic rings. The summed E-state index contributed by atoms with van der Waals surface area (Å²) in [4.78, 5) is 16.8. The van der Waals surface area contributed by atoms with E-state index in [-0.39, 0.29) is 12.1 Å². The molecule has 0 aliphatic carbocycles. The summed E-state index contributed by atoms with van der Waals surface area (Å²) in [6.07, 6.45) is 7.44. The van der Waals surface area contributed by atoms with Crippen molar-refractivity contribution in [1.29, 1.82) is 0 Å². The quantitative estimate of drug-likeness (QED) is 0.795. The first kappa shape index (κ1) is 17.9. The molecule has 1 aromatic heterocycles. The summed E-state index contributed by atoms with van der Waals surface area (Å²) in [5.74, 6) is 0.949. The lowest BCUT2D eigenvalue weighted by atomic mass is 10.1. The molecule has 0 bridgehead atoms. The van der Waals surface area contributed by atoms with Crippen molar-refractivity contribution in [3.05, 3.63) is 24.2 Å². The van der Waals surface area contributed by atoms with Crippen LogP contribution in [0.3, 0.4) is 0 Å². The Balaban J connectivity index is 1.96. The number of carbonyl (C=O) groups is 1.